The van der Waals surface area contributed by atoms with Gasteiger partial charge in [-0.1, -0.05) is 41.9 Å². The number of aliphatic imine (C=N–C) groups is 1. The number of hydrogen-bond donors (Lipinski definition) is 1. The molecule has 0 spiro atoms. The lowest BCUT2D eigenvalue weighted by molar-refractivity contribution is 0.803. The van der Waals surface area contributed by atoms with Gasteiger partial charge in [-0.25, -0.2) is 0 Å². The first kappa shape index (κ1) is 11.8. The maximum atomic E-state index is 6.14. The van der Waals surface area contributed by atoms with Crippen LogP contribution in [0.4, 0.5) is 5.82 Å². The first-order valence-corrected chi connectivity index (χ1v) is 6.79. The van der Waals surface area contributed by atoms with Crippen LogP contribution >= 0.6 is 27.5 Å². The summed E-state index contributed by atoms with van der Waals surface area (Å²) in [5.74, 6) is 1.02. The molecule has 0 amide bonds. The maximum absolute atomic E-state index is 6.14. The molecule has 0 bridgehead atoms. The van der Waals surface area contributed by atoms with Crippen LogP contribution in [-0.2, 0) is 6.54 Å². The van der Waals surface area contributed by atoms with E-state index in [1.165, 1.54) is 5.56 Å². The van der Waals surface area contributed by atoms with Crippen molar-refractivity contribution in [2.24, 2.45) is 4.99 Å². The molecule has 0 aliphatic carbocycles. The van der Waals surface area contributed by atoms with Crippen molar-refractivity contribution in [3.8, 4) is 0 Å². The van der Waals surface area contributed by atoms with Crippen LogP contribution in [0.25, 0.3) is 0 Å². The number of anilines is 1. The summed E-state index contributed by atoms with van der Waals surface area (Å²) in [6.45, 7) is 1.34. The molecule has 0 fully saturated rings. The van der Waals surface area contributed by atoms with Gasteiger partial charge in [0, 0.05) is 17.2 Å². The van der Waals surface area contributed by atoms with Crippen LogP contribution in [0.5, 0.6) is 0 Å². The summed E-state index contributed by atoms with van der Waals surface area (Å²) in [4.78, 5) is 4.18. The molecular formula is C13H11BrClN3. The van der Waals surface area contributed by atoms with E-state index in [-0.39, 0.29) is 0 Å². The van der Waals surface area contributed by atoms with Gasteiger partial charge < -0.3 is 9.88 Å². The van der Waals surface area contributed by atoms with Gasteiger partial charge in [0.05, 0.1) is 5.56 Å². The van der Waals surface area contributed by atoms with Crippen molar-refractivity contribution < 1.29 is 0 Å². The number of rotatable bonds is 2. The van der Waals surface area contributed by atoms with Gasteiger partial charge in [-0.05, 0) is 21.5 Å². The first-order chi connectivity index (χ1) is 8.75. The number of benzene rings is 1. The number of nitrogens with zero attached hydrogens (tertiary/aromatic N) is 2. The van der Waals surface area contributed by atoms with Gasteiger partial charge in [0.25, 0.3) is 0 Å². The van der Waals surface area contributed by atoms with Crippen molar-refractivity contribution in [2.45, 2.75) is 6.54 Å². The normalized spacial score (nSPS) is 13.8. The highest BCUT2D eigenvalue weighted by Gasteiger charge is 2.20. The van der Waals surface area contributed by atoms with Crippen molar-refractivity contribution in [3.05, 3.63) is 52.1 Å². The minimum Gasteiger partial charge on any atom is -0.352 e. The molecule has 0 atom stereocenters. The van der Waals surface area contributed by atoms with E-state index in [1.54, 1.807) is 0 Å². The number of halogens is 2. The lowest BCUT2D eigenvalue weighted by atomic mass is 10.2. The number of nitrogens with one attached hydrogen (secondary N) is 1. The van der Waals surface area contributed by atoms with Gasteiger partial charge in [-0.15, -0.1) is 0 Å². The standard InChI is InChI=1S/C13H11BrClN3/c14-10-7-18(6-9-4-2-1-3-5-9)13-11(10)12(15)16-8-17-13/h1-5,7,17H,6,8H2. The summed E-state index contributed by atoms with van der Waals surface area (Å²) in [7, 11) is 0. The highest BCUT2D eigenvalue weighted by atomic mass is 79.9. The quantitative estimate of drug-likeness (QED) is 0.897. The number of aromatic nitrogens is 1. The summed E-state index contributed by atoms with van der Waals surface area (Å²) in [5.41, 5.74) is 2.20. The fourth-order valence-electron chi connectivity index (χ4n) is 2.08. The molecule has 2 heterocycles. The number of fused-ring (bicyclic) bond motifs is 1. The Morgan fingerprint density at radius 1 is 1.33 bits per heavy atom. The molecule has 1 aromatic heterocycles. The SMILES string of the molecule is ClC1=NCNc2c1c(Br)cn2Cc1ccccc1. The molecule has 18 heavy (non-hydrogen) atoms. The predicted molar refractivity (Wildman–Crippen MR) is 78.6 cm³/mol. The molecule has 92 valence electrons. The van der Waals surface area contributed by atoms with Crippen molar-refractivity contribution >= 4 is 38.5 Å². The molecule has 1 aliphatic rings. The van der Waals surface area contributed by atoms with Gasteiger partial charge in [0.2, 0.25) is 0 Å². The molecule has 1 aliphatic heterocycles. The fraction of sp³-hybridized carbons (Fsp3) is 0.154. The average molecular weight is 325 g/mol. The van der Waals surface area contributed by atoms with Crippen LogP contribution in [0.1, 0.15) is 11.1 Å². The van der Waals surface area contributed by atoms with Gasteiger partial charge in [-0.3, -0.25) is 4.99 Å². The van der Waals surface area contributed by atoms with E-state index in [0.29, 0.717) is 11.8 Å². The highest BCUT2D eigenvalue weighted by Crippen LogP contribution is 2.32. The smallest absolute Gasteiger partial charge is 0.137 e. The minimum atomic E-state index is 0.525. The highest BCUT2D eigenvalue weighted by molar-refractivity contribution is 9.10. The molecule has 0 unspecified atom stereocenters. The zero-order valence-corrected chi connectivity index (χ0v) is 11.9. The minimum absolute atomic E-state index is 0.525. The Kier molecular flexibility index (Phi) is 3.14. The Balaban J connectivity index is 2.00. The second-order valence-electron chi connectivity index (χ2n) is 4.10. The lowest BCUT2D eigenvalue weighted by Gasteiger charge is -2.15. The van der Waals surface area contributed by atoms with Gasteiger partial charge in [0.1, 0.15) is 17.7 Å². The van der Waals surface area contributed by atoms with Gasteiger partial charge in [0.15, 0.2) is 0 Å². The van der Waals surface area contributed by atoms with E-state index >= 15 is 0 Å². The third-order valence-corrected chi connectivity index (χ3v) is 3.81. The molecule has 2 aromatic rings. The average Bonchev–Trinajstić information content (AvgIpc) is 2.69. The Hall–Kier alpha value is -1.26. The largest absolute Gasteiger partial charge is 0.352 e. The summed E-state index contributed by atoms with van der Waals surface area (Å²) in [6, 6.07) is 10.3. The van der Waals surface area contributed by atoms with Gasteiger partial charge >= 0.3 is 0 Å². The first-order valence-electron chi connectivity index (χ1n) is 5.62. The Bertz CT molecular complexity index is 604. The summed E-state index contributed by atoms with van der Waals surface area (Å²) in [6.07, 6.45) is 2.04. The Morgan fingerprint density at radius 2 is 2.11 bits per heavy atom. The molecule has 1 N–H and O–H groups in total. The van der Waals surface area contributed by atoms with Crippen LogP contribution in [-0.4, -0.2) is 16.4 Å². The number of hydrogen-bond acceptors (Lipinski definition) is 2. The second-order valence-corrected chi connectivity index (χ2v) is 5.31. The molecule has 0 saturated carbocycles. The van der Waals surface area contributed by atoms with Crippen LogP contribution in [0.15, 0.2) is 46.0 Å². The van der Waals surface area contributed by atoms with Crippen LogP contribution in [0, 0.1) is 0 Å². The van der Waals surface area contributed by atoms with E-state index in [9.17, 15) is 0 Å². The zero-order valence-electron chi connectivity index (χ0n) is 9.53. The second kappa shape index (κ2) is 4.78. The molecule has 0 radical (unpaired) electrons. The molecule has 0 saturated heterocycles. The molecule has 1 aromatic carbocycles. The summed E-state index contributed by atoms with van der Waals surface area (Å²) >= 11 is 9.67. The molecular weight excluding hydrogens is 314 g/mol. The fourth-order valence-corrected chi connectivity index (χ4v) is 3.06. The van der Waals surface area contributed by atoms with Crippen LogP contribution in [0.3, 0.4) is 0 Å². The van der Waals surface area contributed by atoms with Crippen molar-refractivity contribution in [1.82, 2.24) is 4.57 Å². The summed E-state index contributed by atoms with van der Waals surface area (Å²) in [5, 5.41) is 3.82. The van der Waals surface area contributed by atoms with E-state index in [0.717, 1.165) is 22.4 Å². The van der Waals surface area contributed by atoms with E-state index in [1.807, 2.05) is 24.4 Å². The van der Waals surface area contributed by atoms with Crippen LogP contribution < -0.4 is 5.32 Å². The summed E-state index contributed by atoms with van der Waals surface area (Å²) < 4.78 is 3.11. The zero-order chi connectivity index (χ0) is 12.5. The maximum Gasteiger partial charge on any atom is 0.137 e. The topological polar surface area (TPSA) is 29.3 Å². The van der Waals surface area contributed by atoms with E-state index in [4.69, 9.17) is 11.6 Å². The third-order valence-electron chi connectivity index (χ3n) is 2.90. The van der Waals surface area contributed by atoms with E-state index in [2.05, 4.69) is 42.9 Å². The monoisotopic (exact) mass is 323 g/mol. The third kappa shape index (κ3) is 2.06. The van der Waals surface area contributed by atoms with Crippen LogP contribution in [0.2, 0.25) is 0 Å². The Labute approximate surface area is 119 Å². The lowest BCUT2D eigenvalue weighted by Crippen LogP contribution is -2.14. The molecule has 3 rings (SSSR count). The van der Waals surface area contributed by atoms with E-state index < -0.39 is 0 Å². The Morgan fingerprint density at radius 3 is 2.89 bits per heavy atom. The van der Waals surface area contributed by atoms with Crippen molar-refractivity contribution in [2.75, 3.05) is 12.0 Å². The van der Waals surface area contributed by atoms with Gasteiger partial charge in [-0.2, -0.15) is 0 Å². The van der Waals surface area contributed by atoms with Crippen molar-refractivity contribution in [1.29, 1.82) is 0 Å². The molecule has 5 heteroatoms. The van der Waals surface area contributed by atoms with Crippen molar-refractivity contribution in [3.63, 3.8) is 0 Å². The molecule has 3 nitrogen and oxygen atoms in total. The predicted octanol–water partition coefficient (Wildman–Crippen LogP) is 3.67.